The van der Waals surface area contributed by atoms with Gasteiger partial charge >= 0.3 is 5.97 Å². The Labute approximate surface area is 123 Å². The van der Waals surface area contributed by atoms with Gasteiger partial charge in [-0.25, -0.2) is 4.79 Å². The van der Waals surface area contributed by atoms with Crippen molar-refractivity contribution in [1.29, 1.82) is 0 Å². The van der Waals surface area contributed by atoms with E-state index < -0.39 is 17.9 Å². The first kappa shape index (κ1) is 15.5. The number of aliphatic carboxylic acids is 1. The third-order valence-corrected chi connectivity index (χ3v) is 3.42. The molecule has 2 rings (SSSR count). The van der Waals surface area contributed by atoms with Gasteiger partial charge in [0.1, 0.15) is 6.61 Å². The van der Waals surface area contributed by atoms with E-state index in [0.717, 1.165) is 25.9 Å². The van der Waals surface area contributed by atoms with Crippen molar-refractivity contribution in [1.82, 2.24) is 10.6 Å². The van der Waals surface area contributed by atoms with Gasteiger partial charge in [-0.1, -0.05) is 30.3 Å². The molecule has 0 unspecified atom stereocenters. The maximum absolute atomic E-state index is 11.9. The molecule has 0 spiro atoms. The van der Waals surface area contributed by atoms with Crippen LogP contribution in [0.5, 0.6) is 0 Å². The third kappa shape index (κ3) is 4.84. The lowest BCUT2D eigenvalue weighted by molar-refractivity contribution is -0.143. The first-order chi connectivity index (χ1) is 10.2. The average molecular weight is 292 g/mol. The zero-order valence-electron chi connectivity index (χ0n) is 11.7. The minimum Gasteiger partial charge on any atom is -0.479 e. The van der Waals surface area contributed by atoms with Gasteiger partial charge in [0.2, 0.25) is 5.91 Å². The molecular weight excluding hydrogens is 272 g/mol. The smallest absolute Gasteiger partial charge is 0.330 e. The van der Waals surface area contributed by atoms with Gasteiger partial charge in [0.15, 0.2) is 6.04 Å². The molecule has 6 nitrogen and oxygen atoms in total. The van der Waals surface area contributed by atoms with Crippen LogP contribution >= 0.6 is 0 Å². The molecule has 1 aromatic rings. The molecule has 114 valence electrons. The van der Waals surface area contributed by atoms with Gasteiger partial charge in [-0.2, -0.15) is 0 Å². The van der Waals surface area contributed by atoms with Gasteiger partial charge in [0.25, 0.3) is 0 Å². The van der Waals surface area contributed by atoms with E-state index in [9.17, 15) is 14.7 Å². The lowest BCUT2D eigenvalue weighted by Gasteiger charge is -2.23. The molecule has 3 N–H and O–H groups in total. The molecule has 6 heteroatoms. The summed E-state index contributed by atoms with van der Waals surface area (Å²) in [5, 5.41) is 14.9. The summed E-state index contributed by atoms with van der Waals surface area (Å²) < 4.78 is 5.52. The maximum Gasteiger partial charge on any atom is 0.330 e. The van der Waals surface area contributed by atoms with Gasteiger partial charge in [-0.15, -0.1) is 0 Å². The van der Waals surface area contributed by atoms with Crippen LogP contribution in [0.3, 0.4) is 0 Å². The van der Waals surface area contributed by atoms with Crippen LogP contribution < -0.4 is 10.6 Å². The monoisotopic (exact) mass is 292 g/mol. The number of nitrogens with one attached hydrogen (secondary N) is 2. The zero-order valence-corrected chi connectivity index (χ0v) is 11.7. The molecule has 1 aliphatic rings. The fourth-order valence-corrected chi connectivity index (χ4v) is 2.29. The highest BCUT2D eigenvalue weighted by Gasteiger charge is 2.22. The van der Waals surface area contributed by atoms with Crippen LogP contribution in [0.25, 0.3) is 0 Å². The summed E-state index contributed by atoms with van der Waals surface area (Å²) in [5.74, 6) is -1.50. The summed E-state index contributed by atoms with van der Waals surface area (Å²) in [5.41, 5.74) is 0.542. The summed E-state index contributed by atoms with van der Waals surface area (Å²) >= 11 is 0. The standard InChI is InChI=1S/C15H20N2O4/c18-13(10-21-12-6-8-16-9-7-12)17-14(15(19)20)11-4-2-1-3-5-11/h1-5,12,14,16H,6-10H2,(H,17,18)(H,19,20)/t14-/m0/s1. The zero-order chi connectivity index (χ0) is 15.1. The van der Waals surface area contributed by atoms with Gasteiger partial charge < -0.3 is 20.5 Å². The van der Waals surface area contributed by atoms with Crippen molar-refractivity contribution < 1.29 is 19.4 Å². The molecule has 1 atom stereocenters. The molecule has 0 bridgehead atoms. The summed E-state index contributed by atoms with van der Waals surface area (Å²) in [6.45, 7) is 1.66. The number of carboxylic acid groups (broad SMARTS) is 1. The minimum atomic E-state index is -1.09. The van der Waals surface area contributed by atoms with Crippen LogP contribution in [0.2, 0.25) is 0 Å². The van der Waals surface area contributed by atoms with E-state index in [1.165, 1.54) is 0 Å². The van der Waals surface area contributed by atoms with Crippen molar-refractivity contribution in [2.75, 3.05) is 19.7 Å². The lowest BCUT2D eigenvalue weighted by atomic mass is 10.1. The third-order valence-electron chi connectivity index (χ3n) is 3.42. The van der Waals surface area contributed by atoms with Crippen LogP contribution in [0, 0.1) is 0 Å². The highest BCUT2D eigenvalue weighted by molar-refractivity contribution is 5.85. The van der Waals surface area contributed by atoms with Crippen molar-refractivity contribution in [2.45, 2.75) is 25.0 Å². The number of carbonyl (C=O) groups excluding carboxylic acids is 1. The van der Waals surface area contributed by atoms with Gasteiger partial charge in [-0.05, 0) is 31.5 Å². The topological polar surface area (TPSA) is 87.7 Å². The summed E-state index contributed by atoms with van der Waals surface area (Å²) in [6, 6.07) is 7.57. The van der Waals surface area contributed by atoms with E-state index in [2.05, 4.69) is 10.6 Å². The number of hydrogen-bond acceptors (Lipinski definition) is 4. The van der Waals surface area contributed by atoms with Crippen molar-refractivity contribution in [3.05, 3.63) is 35.9 Å². The largest absolute Gasteiger partial charge is 0.479 e. The second kappa shape index (κ2) is 7.75. The Bertz CT molecular complexity index is 472. The number of benzene rings is 1. The Kier molecular flexibility index (Phi) is 5.71. The van der Waals surface area contributed by atoms with E-state index in [1.54, 1.807) is 30.3 Å². The average Bonchev–Trinajstić information content (AvgIpc) is 2.52. The molecule has 1 heterocycles. The van der Waals surface area contributed by atoms with Gasteiger partial charge in [0.05, 0.1) is 6.10 Å². The van der Waals surface area contributed by atoms with E-state index in [4.69, 9.17) is 4.74 Å². The fourth-order valence-electron chi connectivity index (χ4n) is 2.29. The summed E-state index contributed by atoms with van der Waals surface area (Å²) in [7, 11) is 0. The molecule has 0 saturated carbocycles. The molecule has 1 aromatic carbocycles. The Hall–Kier alpha value is -1.92. The normalized spacial score (nSPS) is 17.1. The number of carboxylic acids is 1. The first-order valence-corrected chi connectivity index (χ1v) is 7.06. The van der Waals surface area contributed by atoms with Crippen LogP contribution in [0.4, 0.5) is 0 Å². The molecule has 0 aliphatic carbocycles. The fraction of sp³-hybridized carbons (Fsp3) is 0.467. The van der Waals surface area contributed by atoms with Crippen LogP contribution in [0.1, 0.15) is 24.4 Å². The molecule has 1 fully saturated rings. The number of ether oxygens (including phenoxy) is 1. The first-order valence-electron chi connectivity index (χ1n) is 7.06. The SMILES string of the molecule is O=C(COC1CCNCC1)N[C@H](C(=O)O)c1ccccc1. The molecule has 0 radical (unpaired) electrons. The molecule has 1 amide bonds. The number of piperidine rings is 1. The Morgan fingerprint density at radius 2 is 1.95 bits per heavy atom. The molecule has 1 aliphatic heterocycles. The van der Waals surface area contributed by atoms with E-state index in [0.29, 0.717) is 5.56 Å². The van der Waals surface area contributed by atoms with Crippen LogP contribution in [0.15, 0.2) is 30.3 Å². The molecule has 21 heavy (non-hydrogen) atoms. The predicted molar refractivity (Wildman–Crippen MR) is 76.8 cm³/mol. The second-order valence-electron chi connectivity index (χ2n) is 5.01. The number of rotatable bonds is 6. The van der Waals surface area contributed by atoms with Crippen LogP contribution in [-0.4, -0.2) is 42.8 Å². The van der Waals surface area contributed by atoms with Crippen molar-refractivity contribution in [3.63, 3.8) is 0 Å². The van der Waals surface area contributed by atoms with Crippen LogP contribution in [-0.2, 0) is 14.3 Å². The van der Waals surface area contributed by atoms with E-state index >= 15 is 0 Å². The second-order valence-corrected chi connectivity index (χ2v) is 5.01. The van der Waals surface area contributed by atoms with Crippen molar-refractivity contribution in [2.24, 2.45) is 0 Å². The molecule has 0 aromatic heterocycles. The number of hydrogen-bond donors (Lipinski definition) is 3. The minimum absolute atomic E-state index is 0.0667. The Morgan fingerprint density at radius 3 is 2.57 bits per heavy atom. The number of amides is 1. The molecular formula is C15H20N2O4. The maximum atomic E-state index is 11.9. The summed E-state index contributed by atoms with van der Waals surface area (Å²) in [4.78, 5) is 23.1. The Balaban J connectivity index is 1.85. The van der Waals surface area contributed by atoms with Gasteiger partial charge in [0, 0.05) is 0 Å². The van der Waals surface area contributed by atoms with Crippen molar-refractivity contribution >= 4 is 11.9 Å². The lowest BCUT2D eigenvalue weighted by Crippen LogP contribution is -2.38. The highest BCUT2D eigenvalue weighted by Crippen LogP contribution is 2.13. The number of carbonyl (C=O) groups is 2. The van der Waals surface area contributed by atoms with Crippen molar-refractivity contribution in [3.8, 4) is 0 Å². The summed E-state index contributed by atoms with van der Waals surface area (Å²) in [6.07, 6.45) is 1.81. The molecule has 1 saturated heterocycles. The quantitative estimate of drug-likeness (QED) is 0.718. The highest BCUT2D eigenvalue weighted by atomic mass is 16.5. The van der Waals surface area contributed by atoms with E-state index in [-0.39, 0.29) is 12.7 Å². The van der Waals surface area contributed by atoms with E-state index in [1.807, 2.05) is 0 Å². The van der Waals surface area contributed by atoms with Gasteiger partial charge in [-0.3, -0.25) is 4.79 Å². The predicted octanol–water partition coefficient (Wildman–Crippen LogP) is 0.697. The Morgan fingerprint density at radius 1 is 1.29 bits per heavy atom.